The number of hydrogen-bond acceptors (Lipinski definition) is 2. The molecule has 2 N–H and O–H groups in total. The van der Waals surface area contributed by atoms with Gasteiger partial charge in [0.15, 0.2) is 0 Å². The minimum atomic E-state index is -0.363. The van der Waals surface area contributed by atoms with Crippen LogP contribution in [-0.4, -0.2) is 21.9 Å². The zero-order valence-corrected chi connectivity index (χ0v) is 13.6. The molecule has 0 aromatic carbocycles. The fourth-order valence-corrected chi connectivity index (χ4v) is 3.89. The molecule has 3 rings (SSSR count). The minimum Gasteiger partial charge on any atom is -0.393 e. The third kappa shape index (κ3) is 4.19. The molecule has 3 saturated carbocycles. The van der Waals surface area contributed by atoms with Crippen LogP contribution >= 0.6 is 0 Å². The molecule has 0 radical (unpaired) electrons. The molecule has 2 nitrogen and oxygen atoms in total. The summed E-state index contributed by atoms with van der Waals surface area (Å²) in [6.45, 7) is 10.6. The van der Waals surface area contributed by atoms with Gasteiger partial charge in [0, 0.05) is 0 Å². The first-order valence-electron chi connectivity index (χ1n) is 8.12. The van der Waals surface area contributed by atoms with Crippen LogP contribution in [0.5, 0.6) is 0 Å². The quantitative estimate of drug-likeness (QED) is 0.754. The Labute approximate surface area is 119 Å². The molecule has 2 unspecified atom stereocenters. The smallest absolute Gasteiger partial charge is 0.0653 e. The van der Waals surface area contributed by atoms with E-state index < -0.39 is 0 Å². The Hall–Kier alpha value is -0.0800. The van der Waals surface area contributed by atoms with E-state index in [0.29, 0.717) is 11.3 Å². The highest BCUT2D eigenvalue weighted by Crippen LogP contribution is 2.62. The Balaban J connectivity index is 0.000000203. The number of unbranched alkanes of at least 4 members (excludes halogenated alkanes) is 2. The van der Waals surface area contributed by atoms with Gasteiger partial charge in [-0.2, -0.15) is 0 Å². The third-order valence-electron chi connectivity index (χ3n) is 5.45. The largest absolute Gasteiger partial charge is 0.393 e. The van der Waals surface area contributed by atoms with Crippen LogP contribution in [-0.2, 0) is 0 Å². The van der Waals surface area contributed by atoms with Crippen LogP contribution in [0, 0.1) is 17.3 Å². The van der Waals surface area contributed by atoms with Crippen molar-refractivity contribution in [1.82, 2.24) is 0 Å². The Morgan fingerprint density at radius 3 is 2.16 bits per heavy atom. The van der Waals surface area contributed by atoms with Crippen LogP contribution < -0.4 is 0 Å². The van der Waals surface area contributed by atoms with Gasteiger partial charge in [0.05, 0.1) is 11.7 Å². The Morgan fingerprint density at radius 1 is 1.21 bits per heavy atom. The molecule has 0 heterocycles. The van der Waals surface area contributed by atoms with Gasteiger partial charge in [-0.25, -0.2) is 0 Å². The Bertz CT molecular complexity index is 258. The van der Waals surface area contributed by atoms with Gasteiger partial charge >= 0.3 is 0 Å². The predicted molar refractivity (Wildman–Crippen MR) is 81.1 cm³/mol. The number of rotatable bonds is 4. The van der Waals surface area contributed by atoms with Gasteiger partial charge in [-0.15, -0.1) is 0 Å². The maximum absolute atomic E-state index is 10.0. The van der Waals surface area contributed by atoms with E-state index in [9.17, 15) is 5.11 Å². The summed E-state index contributed by atoms with van der Waals surface area (Å²) in [5.41, 5.74) is 0.0556. The minimum absolute atomic E-state index is 0.0958. The van der Waals surface area contributed by atoms with Gasteiger partial charge in [0.1, 0.15) is 0 Å². The van der Waals surface area contributed by atoms with Crippen molar-refractivity contribution in [2.24, 2.45) is 17.3 Å². The molecule has 0 aromatic rings. The molecule has 0 aromatic heterocycles. The maximum Gasteiger partial charge on any atom is 0.0653 e. The second kappa shape index (κ2) is 6.58. The van der Waals surface area contributed by atoms with Crippen molar-refractivity contribution in [3.63, 3.8) is 0 Å². The van der Waals surface area contributed by atoms with Gasteiger partial charge in [0.2, 0.25) is 0 Å². The molecule has 4 atom stereocenters. The molecule has 0 saturated heterocycles. The van der Waals surface area contributed by atoms with Crippen LogP contribution in [0.2, 0.25) is 0 Å². The van der Waals surface area contributed by atoms with Crippen molar-refractivity contribution in [3.8, 4) is 0 Å². The summed E-state index contributed by atoms with van der Waals surface area (Å²) in [6.07, 6.45) is 8.06. The maximum atomic E-state index is 10.0. The average Bonchev–Trinajstić information content (AvgIpc) is 2.28. The van der Waals surface area contributed by atoms with Crippen molar-refractivity contribution in [1.29, 1.82) is 0 Å². The summed E-state index contributed by atoms with van der Waals surface area (Å²) in [5, 5.41) is 18.8. The first kappa shape index (κ1) is 17.0. The van der Waals surface area contributed by atoms with Gasteiger partial charge in [0.25, 0.3) is 0 Å². The van der Waals surface area contributed by atoms with Crippen LogP contribution in [0.4, 0.5) is 0 Å². The zero-order chi connectivity index (χ0) is 14.7. The SMILES string of the molecule is CC1(O)CC[C@H]2C[C@@H]1C2(C)C.CCCCCC(C)O. The normalized spacial score (nSPS) is 36.8. The van der Waals surface area contributed by atoms with Gasteiger partial charge in [-0.1, -0.05) is 40.0 Å². The second-order valence-corrected chi connectivity index (χ2v) is 7.55. The van der Waals surface area contributed by atoms with E-state index >= 15 is 0 Å². The molecule has 2 heteroatoms. The summed E-state index contributed by atoms with van der Waals surface area (Å²) >= 11 is 0. The van der Waals surface area contributed by atoms with Crippen molar-refractivity contribution >= 4 is 0 Å². The van der Waals surface area contributed by atoms with E-state index in [0.717, 1.165) is 18.8 Å². The van der Waals surface area contributed by atoms with E-state index in [-0.39, 0.29) is 11.7 Å². The van der Waals surface area contributed by atoms with Gasteiger partial charge in [-0.05, 0) is 56.8 Å². The Morgan fingerprint density at radius 2 is 1.84 bits per heavy atom. The van der Waals surface area contributed by atoms with Crippen LogP contribution in [0.15, 0.2) is 0 Å². The lowest BCUT2D eigenvalue weighted by Gasteiger charge is -2.62. The molecule has 0 amide bonds. The van der Waals surface area contributed by atoms with Crippen molar-refractivity contribution in [2.75, 3.05) is 0 Å². The van der Waals surface area contributed by atoms with Gasteiger partial charge < -0.3 is 10.2 Å². The molecule has 114 valence electrons. The summed E-state index contributed by atoms with van der Waals surface area (Å²) in [4.78, 5) is 0. The average molecular weight is 270 g/mol. The number of hydrogen-bond donors (Lipinski definition) is 2. The van der Waals surface area contributed by atoms with E-state index in [2.05, 4.69) is 20.8 Å². The third-order valence-corrected chi connectivity index (χ3v) is 5.45. The highest BCUT2D eigenvalue weighted by atomic mass is 16.3. The molecule has 3 aliphatic carbocycles. The van der Waals surface area contributed by atoms with Crippen molar-refractivity contribution in [2.45, 2.75) is 91.3 Å². The lowest BCUT2D eigenvalue weighted by Crippen LogP contribution is -2.60. The molecular weight excluding hydrogens is 236 g/mol. The fourth-order valence-electron chi connectivity index (χ4n) is 3.89. The summed E-state index contributed by atoms with van der Waals surface area (Å²) < 4.78 is 0. The molecule has 3 aliphatic rings. The van der Waals surface area contributed by atoms with Crippen LogP contribution in [0.3, 0.4) is 0 Å². The zero-order valence-electron chi connectivity index (χ0n) is 13.6. The summed E-state index contributed by atoms with van der Waals surface area (Å²) in [6, 6.07) is 0. The summed E-state index contributed by atoms with van der Waals surface area (Å²) in [7, 11) is 0. The van der Waals surface area contributed by atoms with E-state index in [4.69, 9.17) is 5.11 Å². The fraction of sp³-hybridized carbons (Fsp3) is 1.00. The lowest BCUT2D eigenvalue weighted by molar-refractivity contribution is -0.192. The second-order valence-electron chi connectivity index (χ2n) is 7.55. The Kier molecular flexibility index (Phi) is 5.88. The predicted octanol–water partition coefficient (Wildman–Crippen LogP) is 4.14. The van der Waals surface area contributed by atoms with Crippen LogP contribution in [0.25, 0.3) is 0 Å². The first-order chi connectivity index (χ1) is 8.71. The van der Waals surface area contributed by atoms with E-state index in [1.54, 1.807) is 0 Å². The first-order valence-corrected chi connectivity index (χ1v) is 8.12. The molecule has 0 aliphatic heterocycles. The standard InChI is InChI=1S/C10H18O.C7H16O/c1-9(2)7-4-5-10(3,11)8(9)6-7;1-3-4-5-6-7(2)8/h7-8,11H,4-6H2,1-3H3;7-8H,3-6H2,1-2H3/t7-,8+,10?;/m0./s1. The van der Waals surface area contributed by atoms with E-state index in [1.165, 1.54) is 32.1 Å². The summed E-state index contributed by atoms with van der Waals surface area (Å²) in [5.74, 6) is 1.46. The van der Waals surface area contributed by atoms with Crippen LogP contribution in [0.1, 0.15) is 79.6 Å². The molecule has 2 bridgehead atoms. The highest BCUT2D eigenvalue weighted by molar-refractivity contribution is 5.08. The van der Waals surface area contributed by atoms with E-state index in [1.807, 2.05) is 13.8 Å². The lowest BCUT2D eigenvalue weighted by atomic mass is 9.44. The van der Waals surface area contributed by atoms with Crippen molar-refractivity contribution in [3.05, 3.63) is 0 Å². The number of aliphatic hydroxyl groups excluding tert-OH is 1. The molecule has 0 spiro atoms. The topological polar surface area (TPSA) is 40.5 Å². The van der Waals surface area contributed by atoms with Gasteiger partial charge in [-0.3, -0.25) is 0 Å². The van der Waals surface area contributed by atoms with Crippen molar-refractivity contribution < 1.29 is 10.2 Å². The number of fused-ring (bicyclic) bond motifs is 2. The molecular formula is C17H34O2. The monoisotopic (exact) mass is 270 g/mol. The molecule has 3 fully saturated rings. The molecule has 19 heavy (non-hydrogen) atoms. The highest BCUT2D eigenvalue weighted by Gasteiger charge is 2.58. The number of aliphatic hydroxyl groups is 2.